The Labute approximate surface area is 225 Å². The number of nitrogens with one attached hydrogen (secondary N) is 2. The molecule has 1 aliphatic carbocycles. The topological polar surface area (TPSA) is 81.8 Å². The monoisotopic (exact) mass is 532 g/mol. The molecule has 1 fully saturated rings. The van der Waals surface area contributed by atoms with E-state index in [1.165, 1.54) is 5.56 Å². The Bertz CT molecular complexity index is 1410. The van der Waals surface area contributed by atoms with E-state index in [0.717, 1.165) is 63.1 Å². The molecule has 1 atom stereocenters. The molecule has 0 spiro atoms. The zero-order valence-electron chi connectivity index (χ0n) is 22.1. The van der Waals surface area contributed by atoms with Crippen LogP contribution in [0.25, 0.3) is 0 Å². The minimum atomic E-state index is -3.89. The van der Waals surface area contributed by atoms with Gasteiger partial charge in [-0.1, -0.05) is 49.4 Å². The fraction of sp³-hybridized carbons (Fsp3) is 0.367. The van der Waals surface area contributed by atoms with Gasteiger partial charge in [0.15, 0.2) is 0 Å². The third-order valence-corrected chi connectivity index (χ3v) is 9.22. The van der Waals surface area contributed by atoms with Gasteiger partial charge in [0.05, 0.1) is 5.69 Å². The smallest absolute Gasteiger partial charge is 0.255 e. The van der Waals surface area contributed by atoms with Crippen molar-refractivity contribution in [2.75, 3.05) is 42.9 Å². The highest BCUT2D eigenvalue weighted by Crippen LogP contribution is 2.34. The molecule has 200 valence electrons. The zero-order valence-corrected chi connectivity index (χ0v) is 22.9. The van der Waals surface area contributed by atoms with Crippen molar-refractivity contribution in [2.24, 2.45) is 0 Å². The lowest BCUT2D eigenvalue weighted by Gasteiger charge is -2.36. The number of fused-ring (bicyclic) bond motifs is 1. The molecule has 2 aliphatic rings. The Hall–Kier alpha value is -3.20. The molecule has 1 heterocycles. The minimum Gasteiger partial charge on any atom is -0.368 e. The fourth-order valence-electron chi connectivity index (χ4n) is 5.53. The highest BCUT2D eigenvalue weighted by molar-refractivity contribution is 7.89. The van der Waals surface area contributed by atoms with Gasteiger partial charge in [0.1, 0.15) is 4.90 Å². The van der Waals surface area contributed by atoms with Crippen LogP contribution in [0.2, 0.25) is 0 Å². The normalized spacial score (nSPS) is 18.2. The van der Waals surface area contributed by atoms with Gasteiger partial charge in [-0.3, -0.25) is 4.79 Å². The molecule has 2 N–H and O–H groups in total. The van der Waals surface area contributed by atoms with E-state index in [9.17, 15) is 13.2 Å². The number of carbonyl (C=O) groups is 1. The summed E-state index contributed by atoms with van der Waals surface area (Å²) < 4.78 is 31.0. The van der Waals surface area contributed by atoms with Crippen LogP contribution in [0.5, 0.6) is 0 Å². The molecule has 3 aromatic carbocycles. The second kappa shape index (κ2) is 11.3. The second-order valence-corrected chi connectivity index (χ2v) is 11.8. The summed E-state index contributed by atoms with van der Waals surface area (Å²) >= 11 is 0. The van der Waals surface area contributed by atoms with E-state index in [2.05, 4.69) is 32.8 Å². The van der Waals surface area contributed by atoms with Crippen molar-refractivity contribution in [3.05, 3.63) is 89.0 Å². The summed E-state index contributed by atoms with van der Waals surface area (Å²) in [7, 11) is -3.89. The second-order valence-electron chi connectivity index (χ2n) is 10.1. The van der Waals surface area contributed by atoms with Gasteiger partial charge in [0.2, 0.25) is 10.0 Å². The van der Waals surface area contributed by atoms with Crippen LogP contribution in [0.3, 0.4) is 0 Å². The number of sulfonamides is 1. The van der Waals surface area contributed by atoms with Gasteiger partial charge < -0.3 is 15.1 Å². The molecule has 1 unspecified atom stereocenters. The number of anilines is 2. The molecule has 5 rings (SSSR count). The number of hydrogen-bond donors (Lipinski definition) is 2. The van der Waals surface area contributed by atoms with Crippen LogP contribution in [0.15, 0.2) is 71.6 Å². The standard InChI is InChI=1S/C30H36N4O3S/c1-3-33-17-19-34(20-18-33)28-16-15-24(31-30(35)25-12-6-4-9-22(25)2)21-29(28)38(36,37)32-27-14-8-11-23-10-5-7-13-26(23)27/h4-7,9-10,12-13,15-16,21,27,32H,3,8,11,14,17-20H2,1-2H3,(H,31,35). The first-order chi connectivity index (χ1) is 18.4. The van der Waals surface area contributed by atoms with E-state index in [-0.39, 0.29) is 16.8 Å². The Morgan fingerprint density at radius 2 is 1.71 bits per heavy atom. The summed E-state index contributed by atoms with van der Waals surface area (Å²) in [5.41, 5.74) is 4.80. The molecule has 0 aromatic heterocycles. The minimum absolute atomic E-state index is 0.202. The Morgan fingerprint density at radius 1 is 0.974 bits per heavy atom. The van der Waals surface area contributed by atoms with Crippen molar-refractivity contribution < 1.29 is 13.2 Å². The summed E-state index contributed by atoms with van der Waals surface area (Å²) in [5.74, 6) is -0.259. The fourth-order valence-corrected chi connectivity index (χ4v) is 7.03. The maximum absolute atomic E-state index is 14.0. The van der Waals surface area contributed by atoms with Gasteiger partial charge >= 0.3 is 0 Å². The molecule has 3 aromatic rings. The van der Waals surface area contributed by atoms with E-state index in [1.54, 1.807) is 18.2 Å². The van der Waals surface area contributed by atoms with Crippen molar-refractivity contribution in [3.63, 3.8) is 0 Å². The van der Waals surface area contributed by atoms with E-state index in [4.69, 9.17) is 0 Å². The van der Waals surface area contributed by atoms with Crippen LogP contribution in [0, 0.1) is 6.92 Å². The average molecular weight is 533 g/mol. The molecule has 0 saturated carbocycles. The molecule has 0 radical (unpaired) electrons. The van der Waals surface area contributed by atoms with Crippen molar-refractivity contribution in [2.45, 2.75) is 44.0 Å². The molecular formula is C30H36N4O3S. The third-order valence-electron chi connectivity index (χ3n) is 7.72. The van der Waals surface area contributed by atoms with Gasteiger partial charge in [-0.2, -0.15) is 0 Å². The Morgan fingerprint density at radius 3 is 2.47 bits per heavy atom. The Kier molecular flexibility index (Phi) is 7.83. The van der Waals surface area contributed by atoms with Gasteiger partial charge in [-0.15, -0.1) is 0 Å². The van der Waals surface area contributed by atoms with Gasteiger partial charge in [0, 0.05) is 43.5 Å². The number of benzene rings is 3. The molecule has 7 nitrogen and oxygen atoms in total. The van der Waals surface area contributed by atoms with Gasteiger partial charge in [-0.05, 0) is 73.7 Å². The van der Waals surface area contributed by atoms with Crippen molar-refractivity contribution in [1.82, 2.24) is 9.62 Å². The lowest BCUT2D eigenvalue weighted by atomic mass is 9.88. The van der Waals surface area contributed by atoms with Crippen LogP contribution in [0.1, 0.15) is 52.9 Å². The number of aryl methyl sites for hydroxylation is 2. The van der Waals surface area contributed by atoms with Crippen LogP contribution < -0.4 is 14.9 Å². The van der Waals surface area contributed by atoms with Gasteiger partial charge in [0.25, 0.3) is 5.91 Å². The number of likely N-dealkylation sites (N-methyl/N-ethyl adjacent to an activating group) is 1. The lowest BCUT2D eigenvalue weighted by Crippen LogP contribution is -2.46. The predicted octanol–water partition coefficient (Wildman–Crippen LogP) is 4.75. The number of nitrogens with zero attached hydrogens (tertiary/aromatic N) is 2. The number of hydrogen-bond acceptors (Lipinski definition) is 5. The number of rotatable bonds is 7. The number of amides is 1. The Balaban J connectivity index is 1.48. The van der Waals surface area contributed by atoms with E-state index < -0.39 is 10.0 Å². The first-order valence-corrected chi connectivity index (χ1v) is 14.9. The van der Waals surface area contributed by atoms with Crippen molar-refractivity contribution >= 4 is 27.3 Å². The van der Waals surface area contributed by atoms with E-state index in [0.29, 0.717) is 16.9 Å². The third kappa shape index (κ3) is 5.62. The highest BCUT2D eigenvalue weighted by atomic mass is 32.2. The highest BCUT2D eigenvalue weighted by Gasteiger charge is 2.30. The molecular weight excluding hydrogens is 496 g/mol. The van der Waals surface area contributed by atoms with Gasteiger partial charge in [-0.25, -0.2) is 13.1 Å². The predicted molar refractivity (Wildman–Crippen MR) is 152 cm³/mol. The SMILES string of the molecule is CCN1CCN(c2ccc(NC(=O)c3ccccc3C)cc2S(=O)(=O)NC2CCCc3ccccc32)CC1. The first kappa shape index (κ1) is 26.4. The maximum Gasteiger partial charge on any atom is 0.255 e. The van der Waals surface area contributed by atoms with E-state index in [1.807, 2.05) is 49.4 Å². The quantitative estimate of drug-likeness (QED) is 0.459. The van der Waals surface area contributed by atoms with Crippen LogP contribution in [0.4, 0.5) is 11.4 Å². The molecule has 1 amide bonds. The molecule has 1 saturated heterocycles. The maximum atomic E-state index is 14.0. The van der Waals surface area contributed by atoms with Crippen LogP contribution >= 0.6 is 0 Å². The zero-order chi connectivity index (χ0) is 26.7. The van der Waals surface area contributed by atoms with Crippen molar-refractivity contribution in [3.8, 4) is 0 Å². The lowest BCUT2D eigenvalue weighted by molar-refractivity contribution is 0.102. The first-order valence-electron chi connectivity index (χ1n) is 13.4. The number of carbonyl (C=O) groups excluding carboxylic acids is 1. The van der Waals surface area contributed by atoms with E-state index >= 15 is 0 Å². The molecule has 38 heavy (non-hydrogen) atoms. The van der Waals surface area contributed by atoms with Crippen LogP contribution in [-0.2, 0) is 16.4 Å². The average Bonchev–Trinajstić information content (AvgIpc) is 2.93. The summed E-state index contributed by atoms with van der Waals surface area (Å²) in [6.45, 7) is 8.26. The summed E-state index contributed by atoms with van der Waals surface area (Å²) in [6.07, 6.45) is 2.65. The number of piperazine rings is 1. The summed E-state index contributed by atoms with van der Waals surface area (Å²) in [4.78, 5) is 17.7. The summed E-state index contributed by atoms with van der Waals surface area (Å²) in [5, 5.41) is 2.92. The molecule has 8 heteroatoms. The molecule has 1 aliphatic heterocycles. The van der Waals surface area contributed by atoms with Crippen molar-refractivity contribution in [1.29, 1.82) is 0 Å². The largest absolute Gasteiger partial charge is 0.368 e. The van der Waals surface area contributed by atoms with Crippen LogP contribution in [-0.4, -0.2) is 51.9 Å². The summed E-state index contributed by atoms with van der Waals surface area (Å²) in [6, 6.07) is 20.4. The molecule has 0 bridgehead atoms.